The molecule has 0 aliphatic rings. The fourth-order valence-electron chi connectivity index (χ4n) is 1.26. The van der Waals surface area contributed by atoms with E-state index in [-0.39, 0.29) is 16.5 Å². The molecule has 0 fully saturated rings. The van der Waals surface area contributed by atoms with E-state index in [1.54, 1.807) is 0 Å². The van der Waals surface area contributed by atoms with Crippen molar-refractivity contribution in [3.05, 3.63) is 47.0 Å². The van der Waals surface area contributed by atoms with E-state index in [2.05, 4.69) is 20.5 Å². The van der Waals surface area contributed by atoms with Crippen molar-refractivity contribution in [2.75, 3.05) is 5.32 Å². The average molecular weight is 279 g/mol. The number of hydrogen-bond donors (Lipinski definition) is 2. The molecule has 0 aliphatic carbocycles. The highest BCUT2D eigenvalue weighted by molar-refractivity contribution is 6.29. The minimum Gasteiger partial charge on any atom is -0.477 e. The van der Waals surface area contributed by atoms with E-state index >= 15 is 0 Å². The molecule has 2 heterocycles. The van der Waals surface area contributed by atoms with Crippen LogP contribution in [-0.4, -0.2) is 32.2 Å². The third-order valence-electron chi connectivity index (χ3n) is 2.10. The normalized spacial score (nSPS) is 9.95. The number of aromatic carboxylic acids is 1. The van der Waals surface area contributed by atoms with Gasteiger partial charge in [-0.2, -0.15) is 0 Å². The number of amides is 1. The fraction of sp³-hybridized carbons (Fsp3) is 0. The van der Waals surface area contributed by atoms with Crippen LogP contribution >= 0.6 is 11.6 Å². The molecule has 0 aliphatic heterocycles. The standard InChI is InChI=1S/C11H7ClN4O3/c12-9-2-1-7(15-16-9)10(17)14-6-3-4-13-8(5-6)11(18)19/h1-5H,(H,18,19)(H,13,14,17). The Morgan fingerprint density at radius 3 is 2.58 bits per heavy atom. The van der Waals surface area contributed by atoms with Crippen molar-refractivity contribution in [2.24, 2.45) is 0 Å². The molecule has 2 N–H and O–H groups in total. The second-order valence-electron chi connectivity index (χ2n) is 3.43. The first-order valence-corrected chi connectivity index (χ1v) is 5.44. The molecule has 2 rings (SSSR count). The van der Waals surface area contributed by atoms with Crippen LogP contribution in [0.3, 0.4) is 0 Å². The van der Waals surface area contributed by atoms with Gasteiger partial charge in [0.2, 0.25) is 0 Å². The zero-order valence-electron chi connectivity index (χ0n) is 9.37. The summed E-state index contributed by atoms with van der Waals surface area (Å²) in [6.45, 7) is 0. The molecule has 96 valence electrons. The van der Waals surface area contributed by atoms with Gasteiger partial charge in [0.05, 0.1) is 0 Å². The first kappa shape index (κ1) is 12.9. The topological polar surface area (TPSA) is 105 Å². The predicted octanol–water partition coefficient (Wildman–Crippen LogP) is 1.48. The van der Waals surface area contributed by atoms with Gasteiger partial charge in [0.1, 0.15) is 5.69 Å². The van der Waals surface area contributed by atoms with Crippen molar-refractivity contribution < 1.29 is 14.7 Å². The molecule has 0 aromatic carbocycles. The lowest BCUT2D eigenvalue weighted by atomic mass is 10.3. The van der Waals surface area contributed by atoms with Gasteiger partial charge in [-0.25, -0.2) is 9.78 Å². The summed E-state index contributed by atoms with van der Waals surface area (Å²) in [5, 5.41) is 18.6. The van der Waals surface area contributed by atoms with Crippen LogP contribution in [0, 0.1) is 0 Å². The number of carbonyl (C=O) groups is 2. The van der Waals surface area contributed by atoms with Crippen molar-refractivity contribution in [1.29, 1.82) is 0 Å². The van der Waals surface area contributed by atoms with Crippen LogP contribution in [0.25, 0.3) is 0 Å². The van der Waals surface area contributed by atoms with Crippen LogP contribution in [0.2, 0.25) is 5.15 Å². The van der Waals surface area contributed by atoms with Crippen molar-refractivity contribution in [1.82, 2.24) is 15.2 Å². The molecule has 1 amide bonds. The van der Waals surface area contributed by atoms with Gasteiger partial charge < -0.3 is 10.4 Å². The highest BCUT2D eigenvalue weighted by Crippen LogP contribution is 2.10. The Bertz CT molecular complexity index is 630. The average Bonchev–Trinajstić information content (AvgIpc) is 2.39. The molecule has 0 unspecified atom stereocenters. The molecule has 0 saturated carbocycles. The number of pyridine rings is 1. The minimum atomic E-state index is -1.18. The number of carboxylic acids is 1. The summed E-state index contributed by atoms with van der Waals surface area (Å²) in [6, 6.07) is 5.54. The Hall–Kier alpha value is -2.54. The summed E-state index contributed by atoms with van der Waals surface area (Å²) in [7, 11) is 0. The second-order valence-corrected chi connectivity index (χ2v) is 3.82. The van der Waals surface area contributed by atoms with Crippen LogP contribution < -0.4 is 5.32 Å². The lowest BCUT2D eigenvalue weighted by Crippen LogP contribution is -2.14. The van der Waals surface area contributed by atoms with Crippen molar-refractivity contribution in [2.45, 2.75) is 0 Å². The lowest BCUT2D eigenvalue weighted by Gasteiger charge is -2.04. The van der Waals surface area contributed by atoms with Gasteiger partial charge in [0.25, 0.3) is 5.91 Å². The van der Waals surface area contributed by atoms with Gasteiger partial charge in [-0.1, -0.05) is 11.6 Å². The maximum absolute atomic E-state index is 11.8. The highest BCUT2D eigenvalue weighted by Gasteiger charge is 2.10. The summed E-state index contributed by atoms with van der Waals surface area (Å²) in [5.41, 5.74) is 0.201. The molecule has 19 heavy (non-hydrogen) atoms. The first-order valence-electron chi connectivity index (χ1n) is 5.06. The van der Waals surface area contributed by atoms with Gasteiger partial charge in [-0.15, -0.1) is 10.2 Å². The van der Waals surface area contributed by atoms with E-state index in [4.69, 9.17) is 16.7 Å². The predicted molar refractivity (Wildman–Crippen MR) is 66.2 cm³/mol. The maximum atomic E-state index is 11.8. The second kappa shape index (κ2) is 5.40. The Morgan fingerprint density at radius 2 is 1.95 bits per heavy atom. The van der Waals surface area contributed by atoms with Crippen LogP contribution in [0.15, 0.2) is 30.5 Å². The number of rotatable bonds is 3. The van der Waals surface area contributed by atoms with Crippen LogP contribution in [0.5, 0.6) is 0 Å². The summed E-state index contributed by atoms with van der Waals surface area (Å²) < 4.78 is 0. The SMILES string of the molecule is O=C(O)c1cc(NC(=O)c2ccc(Cl)nn2)ccn1. The van der Waals surface area contributed by atoms with E-state index < -0.39 is 11.9 Å². The molecular weight excluding hydrogens is 272 g/mol. The van der Waals surface area contributed by atoms with Crippen LogP contribution in [0.4, 0.5) is 5.69 Å². The number of carboxylic acid groups (broad SMARTS) is 1. The summed E-state index contributed by atoms with van der Waals surface area (Å²) in [5.74, 6) is -1.70. The van der Waals surface area contributed by atoms with Gasteiger partial charge >= 0.3 is 5.97 Å². The Kier molecular flexibility index (Phi) is 3.67. The van der Waals surface area contributed by atoms with Gasteiger partial charge in [-0.05, 0) is 24.3 Å². The number of nitrogens with one attached hydrogen (secondary N) is 1. The number of carbonyl (C=O) groups excluding carboxylic acids is 1. The number of anilines is 1. The summed E-state index contributed by atoms with van der Waals surface area (Å²) in [4.78, 5) is 26.2. The van der Waals surface area contributed by atoms with Crippen LogP contribution in [0.1, 0.15) is 21.0 Å². The Morgan fingerprint density at radius 1 is 1.16 bits per heavy atom. The molecule has 7 nitrogen and oxygen atoms in total. The number of hydrogen-bond acceptors (Lipinski definition) is 5. The lowest BCUT2D eigenvalue weighted by molar-refractivity contribution is 0.0690. The Labute approximate surface area is 112 Å². The van der Waals surface area contributed by atoms with Gasteiger partial charge in [0, 0.05) is 11.9 Å². The minimum absolute atomic E-state index is 0.0677. The monoisotopic (exact) mass is 278 g/mol. The smallest absolute Gasteiger partial charge is 0.354 e. The van der Waals surface area contributed by atoms with Crippen molar-refractivity contribution >= 4 is 29.2 Å². The molecule has 8 heteroatoms. The van der Waals surface area contributed by atoms with Gasteiger partial charge in [-0.3, -0.25) is 4.79 Å². The van der Waals surface area contributed by atoms with E-state index in [9.17, 15) is 9.59 Å². The zero-order chi connectivity index (χ0) is 13.8. The Balaban J connectivity index is 2.17. The number of aromatic nitrogens is 3. The van der Waals surface area contributed by atoms with Crippen molar-refractivity contribution in [3.8, 4) is 0 Å². The largest absolute Gasteiger partial charge is 0.477 e. The summed E-state index contributed by atoms with van der Waals surface area (Å²) >= 11 is 5.55. The molecule has 0 saturated heterocycles. The molecule has 2 aromatic heterocycles. The number of nitrogens with zero attached hydrogens (tertiary/aromatic N) is 3. The molecule has 0 bridgehead atoms. The van der Waals surface area contributed by atoms with Crippen LogP contribution in [-0.2, 0) is 0 Å². The highest BCUT2D eigenvalue weighted by atomic mass is 35.5. The van der Waals surface area contributed by atoms with Gasteiger partial charge in [0.15, 0.2) is 10.8 Å². The molecule has 2 aromatic rings. The third kappa shape index (κ3) is 3.23. The fourth-order valence-corrected chi connectivity index (χ4v) is 1.36. The molecule has 0 radical (unpaired) electrons. The molecule has 0 atom stereocenters. The number of halogens is 1. The first-order chi connectivity index (χ1) is 9.06. The summed E-state index contributed by atoms with van der Waals surface area (Å²) in [6.07, 6.45) is 1.28. The third-order valence-corrected chi connectivity index (χ3v) is 2.30. The zero-order valence-corrected chi connectivity index (χ0v) is 10.1. The van der Waals surface area contributed by atoms with Crippen molar-refractivity contribution in [3.63, 3.8) is 0 Å². The molecule has 0 spiro atoms. The maximum Gasteiger partial charge on any atom is 0.354 e. The van der Waals surface area contributed by atoms with E-state index in [0.717, 1.165) is 0 Å². The van der Waals surface area contributed by atoms with E-state index in [1.807, 2.05) is 0 Å². The van der Waals surface area contributed by atoms with E-state index in [0.29, 0.717) is 5.69 Å². The molecular formula is C11H7ClN4O3. The van der Waals surface area contributed by atoms with E-state index in [1.165, 1.54) is 30.5 Å². The quantitative estimate of drug-likeness (QED) is 0.881.